The molecule has 0 aliphatic carbocycles. The zero-order valence-electron chi connectivity index (χ0n) is 23.3. The fraction of sp³-hybridized carbons (Fsp3) is 0.562. The van der Waals surface area contributed by atoms with Gasteiger partial charge in [0, 0.05) is 19.5 Å². The second-order valence-corrected chi connectivity index (χ2v) is 9.94. The lowest BCUT2D eigenvalue weighted by Gasteiger charge is -2.22. The third-order valence-corrected chi connectivity index (χ3v) is 6.55. The minimum Gasteiger partial charge on any atom is -0.494 e. The molecule has 0 N–H and O–H groups in total. The molecule has 0 spiro atoms. The number of carbonyl (C=O) groups is 2. The quantitative estimate of drug-likeness (QED) is 0.141. The highest BCUT2D eigenvalue weighted by Crippen LogP contribution is 2.22. The molecule has 0 radical (unpaired) electrons. The summed E-state index contributed by atoms with van der Waals surface area (Å²) in [5, 5.41) is 0. The number of esters is 1. The van der Waals surface area contributed by atoms with Gasteiger partial charge >= 0.3 is 5.97 Å². The van der Waals surface area contributed by atoms with Gasteiger partial charge in [-0.15, -0.1) is 0 Å². The first kappa shape index (κ1) is 30.4. The lowest BCUT2D eigenvalue weighted by Crippen LogP contribution is -2.27. The Labute approximate surface area is 224 Å². The van der Waals surface area contributed by atoms with Gasteiger partial charge < -0.3 is 14.4 Å². The van der Waals surface area contributed by atoms with E-state index in [1.165, 1.54) is 77.6 Å². The number of hydrogen-bond donors (Lipinski definition) is 0. The Morgan fingerprint density at radius 2 is 1.32 bits per heavy atom. The molecule has 0 aliphatic heterocycles. The summed E-state index contributed by atoms with van der Waals surface area (Å²) in [4.78, 5) is 25.3. The number of hydrogen-bond acceptors (Lipinski definition) is 4. The predicted octanol–water partition coefficient (Wildman–Crippen LogP) is 8.38. The van der Waals surface area contributed by atoms with Crippen LogP contribution in [0.25, 0.3) is 0 Å². The molecule has 5 nitrogen and oxygen atoms in total. The molecule has 0 heterocycles. The number of amides is 1. The zero-order valence-corrected chi connectivity index (χ0v) is 23.3. The predicted molar refractivity (Wildman–Crippen MR) is 152 cm³/mol. The highest BCUT2D eigenvalue weighted by molar-refractivity contribution is 5.91. The van der Waals surface area contributed by atoms with Gasteiger partial charge in [-0.25, -0.2) is 0 Å². The van der Waals surface area contributed by atoms with E-state index < -0.39 is 0 Å². The summed E-state index contributed by atoms with van der Waals surface area (Å²) in [7, 11) is 0. The van der Waals surface area contributed by atoms with Crippen molar-refractivity contribution in [2.24, 2.45) is 0 Å². The fourth-order valence-electron chi connectivity index (χ4n) is 4.43. The molecule has 0 bridgehead atoms. The molecular weight excluding hydrogens is 462 g/mol. The summed E-state index contributed by atoms with van der Waals surface area (Å²) in [6.45, 7) is 6.58. The molecule has 0 aromatic heterocycles. The van der Waals surface area contributed by atoms with E-state index in [9.17, 15) is 9.59 Å². The van der Waals surface area contributed by atoms with E-state index in [0.717, 1.165) is 35.6 Å². The van der Waals surface area contributed by atoms with Crippen LogP contribution in [0.2, 0.25) is 0 Å². The van der Waals surface area contributed by atoms with Crippen molar-refractivity contribution in [3.63, 3.8) is 0 Å². The molecule has 0 saturated carbocycles. The molecule has 0 fully saturated rings. The van der Waals surface area contributed by atoms with Gasteiger partial charge in [0.05, 0.1) is 13.2 Å². The second-order valence-electron chi connectivity index (χ2n) is 9.94. The van der Waals surface area contributed by atoms with Gasteiger partial charge in [-0.1, -0.05) is 102 Å². The minimum absolute atomic E-state index is 0.0487. The molecule has 0 unspecified atom stereocenters. The minimum atomic E-state index is -0.325. The topological polar surface area (TPSA) is 55.8 Å². The maximum Gasteiger partial charge on any atom is 0.302 e. The first-order chi connectivity index (χ1) is 18.0. The van der Waals surface area contributed by atoms with Crippen LogP contribution in [-0.2, 0) is 27.5 Å². The van der Waals surface area contributed by atoms with Crippen LogP contribution in [0.5, 0.6) is 5.75 Å². The monoisotopic (exact) mass is 509 g/mol. The number of anilines is 1. The number of rotatable bonds is 19. The molecule has 204 valence electrons. The fourth-order valence-corrected chi connectivity index (χ4v) is 4.43. The first-order valence-corrected chi connectivity index (χ1v) is 14.2. The molecule has 0 atom stereocenters. The van der Waals surface area contributed by atoms with Crippen LogP contribution in [-0.4, -0.2) is 18.5 Å². The molecule has 5 heteroatoms. The number of ether oxygens (including phenoxy) is 2. The standard InChI is InChI=1S/C32H47NO4/c1-4-5-6-7-8-9-10-11-12-13-14-15-22-36-32-21-17-18-29(24-32)25-33(27(2)34)31-20-16-19-30(23-31)26-37-28(3)35/h16-21,23-24H,4-15,22,25-26H2,1-3H3. The van der Waals surface area contributed by atoms with E-state index in [1.807, 2.05) is 48.5 Å². The highest BCUT2D eigenvalue weighted by atomic mass is 16.5. The normalized spacial score (nSPS) is 10.8. The Morgan fingerprint density at radius 3 is 1.95 bits per heavy atom. The van der Waals surface area contributed by atoms with Crippen LogP contribution in [0.15, 0.2) is 48.5 Å². The summed E-state index contributed by atoms with van der Waals surface area (Å²) >= 11 is 0. The Morgan fingerprint density at radius 1 is 0.730 bits per heavy atom. The number of nitrogens with zero attached hydrogens (tertiary/aromatic N) is 1. The van der Waals surface area contributed by atoms with E-state index >= 15 is 0 Å². The number of benzene rings is 2. The van der Waals surface area contributed by atoms with Gasteiger partial charge in [0.15, 0.2) is 0 Å². The number of carbonyl (C=O) groups excluding carboxylic acids is 2. The lowest BCUT2D eigenvalue weighted by molar-refractivity contribution is -0.142. The van der Waals surface area contributed by atoms with E-state index in [2.05, 4.69) is 6.92 Å². The van der Waals surface area contributed by atoms with Gasteiger partial charge in [-0.3, -0.25) is 9.59 Å². The van der Waals surface area contributed by atoms with Gasteiger partial charge in [0.25, 0.3) is 0 Å². The molecular formula is C32H47NO4. The van der Waals surface area contributed by atoms with Crippen LogP contribution in [0, 0.1) is 0 Å². The van der Waals surface area contributed by atoms with Crippen molar-refractivity contribution >= 4 is 17.6 Å². The Bertz CT molecular complexity index is 927. The average molecular weight is 510 g/mol. The van der Waals surface area contributed by atoms with Crippen LogP contribution < -0.4 is 9.64 Å². The summed E-state index contributed by atoms with van der Waals surface area (Å²) in [5.74, 6) is 0.467. The van der Waals surface area contributed by atoms with E-state index in [0.29, 0.717) is 6.54 Å². The summed E-state index contributed by atoms with van der Waals surface area (Å²) in [6, 6.07) is 15.5. The number of unbranched alkanes of at least 4 members (excludes halogenated alkanes) is 11. The van der Waals surface area contributed by atoms with Gasteiger partial charge in [0.1, 0.15) is 12.4 Å². The lowest BCUT2D eigenvalue weighted by atomic mass is 10.1. The van der Waals surface area contributed by atoms with Crippen LogP contribution >= 0.6 is 0 Å². The summed E-state index contributed by atoms with van der Waals surface area (Å²) < 4.78 is 11.1. The molecule has 0 saturated heterocycles. The van der Waals surface area contributed by atoms with Crippen LogP contribution in [0.4, 0.5) is 5.69 Å². The van der Waals surface area contributed by atoms with Crippen LogP contribution in [0.3, 0.4) is 0 Å². The van der Waals surface area contributed by atoms with Crippen molar-refractivity contribution in [1.29, 1.82) is 0 Å². The third-order valence-electron chi connectivity index (χ3n) is 6.55. The van der Waals surface area contributed by atoms with Crippen molar-refractivity contribution in [1.82, 2.24) is 0 Å². The van der Waals surface area contributed by atoms with Crippen LogP contribution in [0.1, 0.15) is 109 Å². The average Bonchev–Trinajstić information content (AvgIpc) is 2.89. The largest absolute Gasteiger partial charge is 0.494 e. The van der Waals surface area contributed by atoms with Crippen molar-refractivity contribution < 1.29 is 19.1 Å². The Kier molecular flexibility index (Phi) is 15.1. The molecule has 0 aliphatic rings. The van der Waals surface area contributed by atoms with Crippen molar-refractivity contribution in [2.45, 2.75) is 111 Å². The van der Waals surface area contributed by atoms with Gasteiger partial charge in [-0.2, -0.15) is 0 Å². The zero-order chi connectivity index (χ0) is 26.7. The smallest absolute Gasteiger partial charge is 0.302 e. The van der Waals surface area contributed by atoms with Crippen molar-refractivity contribution in [3.05, 3.63) is 59.7 Å². The van der Waals surface area contributed by atoms with Crippen molar-refractivity contribution in [3.8, 4) is 5.75 Å². The SMILES string of the molecule is CCCCCCCCCCCCCCOc1cccc(CN(C(C)=O)c2cccc(COC(C)=O)c2)c1. The molecule has 37 heavy (non-hydrogen) atoms. The maximum absolute atomic E-state index is 12.4. The molecule has 2 aromatic carbocycles. The first-order valence-electron chi connectivity index (χ1n) is 14.2. The molecule has 1 amide bonds. The summed E-state index contributed by atoms with van der Waals surface area (Å²) in [5.41, 5.74) is 2.63. The van der Waals surface area contributed by atoms with Gasteiger partial charge in [0.2, 0.25) is 5.91 Å². The Balaban J connectivity index is 1.71. The van der Waals surface area contributed by atoms with E-state index in [1.54, 1.807) is 11.8 Å². The van der Waals surface area contributed by atoms with E-state index in [-0.39, 0.29) is 18.5 Å². The molecule has 2 aromatic rings. The highest BCUT2D eigenvalue weighted by Gasteiger charge is 2.13. The Hall–Kier alpha value is -2.82. The second kappa shape index (κ2) is 18.4. The van der Waals surface area contributed by atoms with E-state index in [4.69, 9.17) is 9.47 Å². The summed E-state index contributed by atoms with van der Waals surface area (Å²) in [6.07, 6.45) is 15.9. The maximum atomic E-state index is 12.4. The van der Waals surface area contributed by atoms with Crippen molar-refractivity contribution in [2.75, 3.05) is 11.5 Å². The molecule has 2 rings (SSSR count). The third kappa shape index (κ3) is 13.3. The van der Waals surface area contributed by atoms with Gasteiger partial charge in [-0.05, 0) is 41.8 Å².